The highest BCUT2D eigenvalue weighted by atomic mass is 16.5. The van der Waals surface area contributed by atoms with Crippen molar-refractivity contribution in [3.05, 3.63) is 18.5 Å². The molecule has 6 heteroatoms. The van der Waals surface area contributed by atoms with Gasteiger partial charge in [-0.1, -0.05) is 6.92 Å². The molecule has 2 fully saturated rings. The molecule has 0 saturated carbocycles. The topological polar surface area (TPSA) is 50.6 Å². The highest BCUT2D eigenvalue weighted by Gasteiger charge is 2.29. The van der Waals surface area contributed by atoms with Crippen LogP contribution in [0.3, 0.4) is 0 Å². The van der Waals surface area contributed by atoms with Gasteiger partial charge in [0, 0.05) is 45.1 Å². The predicted octanol–water partition coefficient (Wildman–Crippen LogP) is 1.40. The summed E-state index contributed by atoms with van der Waals surface area (Å²) in [5.74, 6) is 0.933. The van der Waals surface area contributed by atoms with E-state index in [1.807, 2.05) is 17.2 Å². The van der Waals surface area contributed by atoms with Crippen LogP contribution >= 0.6 is 0 Å². The molecule has 1 amide bonds. The first-order valence-electron chi connectivity index (χ1n) is 8.86. The molecule has 23 heavy (non-hydrogen) atoms. The third-order valence-corrected chi connectivity index (χ3v) is 5.06. The summed E-state index contributed by atoms with van der Waals surface area (Å²) in [6, 6.07) is 1.73. The van der Waals surface area contributed by atoms with Gasteiger partial charge in [-0.15, -0.1) is 0 Å². The lowest BCUT2D eigenvalue weighted by Crippen LogP contribution is -2.46. The van der Waals surface area contributed by atoms with E-state index in [-0.39, 0.29) is 11.9 Å². The fourth-order valence-electron chi connectivity index (χ4n) is 3.64. The number of morpholine rings is 1. The van der Waals surface area contributed by atoms with E-state index in [4.69, 9.17) is 4.74 Å². The summed E-state index contributed by atoms with van der Waals surface area (Å²) in [5, 5.41) is 4.25. The molecule has 1 aromatic heterocycles. The normalized spacial score (nSPS) is 22.2. The third kappa shape index (κ3) is 4.12. The second-order valence-corrected chi connectivity index (χ2v) is 6.59. The van der Waals surface area contributed by atoms with Gasteiger partial charge in [0.15, 0.2) is 0 Å². The Morgan fingerprint density at radius 1 is 1.26 bits per heavy atom. The standard InChI is InChI=1S/C17H28N4O2/c1-2-16(21-7-3-6-18-21)17(22)20-8-4-15(5-9-20)14-19-10-12-23-13-11-19/h3,6-7,15-16H,2,4-5,8-14H2,1H3. The van der Waals surface area contributed by atoms with E-state index in [1.54, 1.807) is 10.9 Å². The van der Waals surface area contributed by atoms with Gasteiger partial charge in [-0.05, 0) is 31.2 Å². The molecule has 6 nitrogen and oxygen atoms in total. The molecule has 1 unspecified atom stereocenters. The van der Waals surface area contributed by atoms with E-state index in [0.29, 0.717) is 5.92 Å². The lowest BCUT2D eigenvalue weighted by molar-refractivity contribution is -0.136. The molecule has 3 heterocycles. The first-order chi connectivity index (χ1) is 11.3. The maximum Gasteiger partial charge on any atom is 0.247 e. The Balaban J connectivity index is 1.48. The quantitative estimate of drug-likeness (QED) is 0.823. The zero-order valence-electron chi connectivity index (χ0n) is 14.1. The molecule has 0 bridgehead atoms. The highest BCUT2D eigenvalue weighted by Crippen LogP contribution is 2.22. The summed E-state index contributed by atoms with van der Waals surface area (Å²) >= 11 is 0. The summed E-state index contributed by atoms with van der Waals surface area (Å²) in [6.07, 6.45) is 6.63. The fraction of sp³-hybridized carbons (Fsp3) is 0.765. The molecule has 0 spiro atoms. The van der Waals surface area contributed by atoms with Gasteiger partial charge in [0.05, 0.1) is 13.2 Å². The van der Waals surface area contributed by atoms with Crippen molar-refractivity contribution in [3.63, 3.8) is 0 Å². The predicted molar refractivity (Wildman–Crippen MR) is 88.1 cm³/mol. The molecule has 0 aliphatic carbocycles. The summed E-state index contributed by atoms with van der Waals surface area (Å²) in [6.45, 7) is 8.79. The Labute approximate surface area is 138 Å². The maximum absolute atomic E-state index is 12.8. The second-order valence-electron chi connectivity index (χ2n) is 6.59. The van der Waals surface area contributed by atoms with Crippen LogP contribution in [0.2, 0.25) is 0 Å². The maximum atomic E-state index is 12.8. The van der Waals surface area contributed by atoms with Gasteiger partial charge < -0.3 is 9.64 Å². The van der Waals surface area contributed by atoms with Crippen LogP contribution in [0.15, 0.2) is 18.5 Å². The van der Waals surface area contributed by atoms with Crippen molar-refractivity contribution < 1.29 is 9.53 Å². The number of hydrogen-bond acceptors (Lipinski definition) is 4. The molecule has 2 aliphatic heterocycles. The van der Waals surface area contributed by atoms with Gasteiger partial charge in [-0.3, -0.25) is 14.4 Å². The highest BCUT2D eigenvalue weighted by molar-refractivity contribution is 5.80. The molecule has 1 aromatic rings. The van der Waals surface area contributed by atoms with E-state index < -0.39 is 0 Å². The molecule has 128 valence electrons. The number of nitrogens with zero attached hydrogens (tertiary/aromatic N) is 4. The van der Waals surface area contributed by atoms with Gasteiger partial charge >= 0.3 is 0 Å². The minimum absolute atomic E-state index is 0.152. The minimum atomic E-state index is -0.152. The Morgan fingerprint density at radius 3 is 2.61 bits per heavy atom. The van der Waals surface area contributed by atoms with Gasteiger partial charge in [0.1, 0.15) is 6.04 Å². The molecule has 3 rings (SSSR count). The minimum Gasteiger partial charge on any atom is -0.379 e. The number of likely N-dealkylation sites (tertiary alicyclic amines) is 1. The van der Waals surface area contributed by atoms with Crippen molar-refractivity contribution >= 4 is 5.91 Å². The Bertz CT molecular complexity index is 477. The van der Waals surface area contributed by atoms with Crippen LogP contribution < -0.4 is 0 Å². The smallest absolute Gasteiger partial charge is 0.247 e. The molecular formula is C17H28N4O2. The van der Waals surface area contributed by atoms with Crippen molar-refractivity contribution in [1.29, 1.82) is 0 Å². The van der Waals surface area contributed by atoms with E-state index in [0.717, 1.165) is 65.2 Å². The zero-order chi connectivity index (χ0) is 16.1. The SMILES string of the molecule is CCC(C(=O)N1CCC(CN2CCOCC2)CC1)n1cccn1. The third-order valence-electron chi connectivity index (χ3n) is 5.06. The summed E-state index contributed by atoms with van der Waals surface area (Å²) in [4.78, 5) is 17.3. The van der Waals surface area contributed by atoms with E-state index in [9.17, 15) is 4.79 Å². The van der Waals surface area contributed by atoms with Crippen molar-refractivity contribution in [3.8, 4) is 0 Å². The van der Waals surface area contributed by atoms with Crippen LogP contribution in [-0.2, 0) is 9.53 Å². The van der Waals surface area contributed by atoms with E-state index >= 15 is 0 Å². The van der Waals surface area contributed by atoms with Gasteiger partial charge in [0.25, 0.3) is 0 Å². The monoisotopic (exact) mass is 320 g/mol. The summed E-state index contributed by atoms with van der Waals surface area (Å²) < 4.78 is 7.20. The van der Waals surface area contributed by atoms with Crippen LogP contribution in [-0.4, -0.2) is 71.4 Å². The lowest BCUT2D eigenvalue weighted by atomic mass is 9.95. The Kier molecular flexibility index (Phi) is 5.67. The largest absolute Gasteiger partial charge is 0.379 e. The van der Waals surface area contributed by atoms with E-state index in [2.05, 4.69) is 16.9 Å². The number of carbonyl (C=O) groups is 1. The number of rotatable bonds is 5. The Morgan fingerprint density at radius 2 is 2.00 bits per heavy atom. The van der Waals surface area contributed by atoms with Crippen molar-refractivity contribution in [2.24, 2.45) is 5.92 Å². The van der Waals surface area contributed by atoms with Crippen molar-refractivity contribution in [2.75, 3.05) is 45.9 Å². The first kappa shape index (κ1) is 16.5. The van der Waals surface area contributed by atoms with Crippen LogP contribution in [0.4, 0.5) is 0 Å². The molecule has 0 radical (unpaired) electrons. The van der Waals surface area contributed by atoms with E-state index in [1.165, 1.54) is 0 Å². The van der Waals surface area contributed by atoms with Gasteiger partial charge in [-0.2, -0.15) is 5.10 Å². The number of aromatic nitrogens is 2. The summed E-state index contributed by atoms with van der Waals surface area (Å²) in [5.41, 5.74) is 0. The zero-order valence-corrected chi connectivity index (χ0v) is 14.1. The molecule has 0 N–H and O–H groups in total. The Hall–Kier alpha value is -1.40. The van der Waals surface area contributed by atoms with Crippen molar-refractivity contribution in [1.82, 2.24) is 19.6 Å². The number of carbonyl (C=O) groups excluding carboxylic acids is 1. The van der Waals surface area contributed by atoms with Crippen LogP contribution in [0.25, 0.3) is 0 Å². The van der Waals surface area contributed by atoms with Crippen molar-refractivity contribution in [2.45, 2.75) is 32.2 Å². The first-order valence-corrected chi connectivity index (χ1v) is 8.86. The van der Waals surface area contributed by atoms with Gasteiger partial charge in [0.2, 0.25) is 5.91 Å². The number of hydrogen-bond donors (Lipinski definition) is 0. The fourth-order valence-corrected chi connectivity index (χ4v) is 3.64. The second kappa shape index (κ2) is 7.93. The van der Waals surface area contributed by atoms with Crippen LogP contribution in [0, 0.1) is 5.92 Å². The average molecular weight is 320 g/mol. The number of piperidine rings is 1. The molecular weight excluding hydrogens is 292 g/mol. The van der Waals surface area contributed by atoms with Crippen LogP contribution in [0.1, 0.15) is 32.2 Å². The molecule has 2 saturated heterocycles. The van der Waals surface area contributed by atoms with Gasteiger partial charge in [-0.25, -0.2) is 0 Å². The lowest BCUT2D eigenvalue weighted by Gasteiger charge is -2.37. The number of ether oxygens (including phenoxy) is 1. The number of amides is 1. The molecule has 2 aliphatic rings. The molecule has 1 atom stereocenters. The molecule has 0 aromatic carbocycles. The summed E-state index contributed by atoms with van der Waals surface area (Å²) in [7, 11) is 0. The van der Waals surface area contributed by atoms with Crippen LogP contribution in [0.5, 0.6) is 0 Å². The average Bonchev–Trinajstić information content (AvgIpc) is 3.11.